The zero-order valence-electron chi connectivity index (χ0n) is 18.6. The van der Waals surface area contributed by atoms with Crippen LogP contribution in [-0.2, 0) is 11.3 Å². The van der Waals surface area contributed by atoms with Gasteiger partial charge in [-0.05, 0) is 63.1 Å². The van der Waals surface area contributed by atoms with E-state index >= 15 is 0 Å². The number of likely N-dealkylation sites (N-methyl/N-ethyl adjacent to an activating group) is 1. The van der Waals surface area contributed by atoms with Crippen molar-refractivity contribution >= 4 is 22.9 Å². The van der Waals surface area contributed by atoms with Crippen LogP contribution in [0.25, 0.3) is 11.3 Å². The van der Waals surface area contributed by atoms with E-state index in [4.69, 9.17) is 9.72 Å². The number of amides is 1. The van der Waals surface area contributed by atoms with E-state index < -0.39 is 0 Å². The molecule has 1 amide bonds. The molecule has 0 spiro atoms. The third-order valence-corrected chi connectivity index (χ3v) is 6.03. The average Bonchev–Trinajstić information content (AvgIpc) is 3.04. The Morgan fingerprint density at radius 3 is 2.33 bits per heavy atom. The molecule has 0 radical (unpaired) electrons. The number of nitrogens with one attached hydrogen (secondary N) is 2. The third kappa shape index (κ3) is 5.26. The molecule has 5 nitrogen and oxygen atoms in total. The van der Waals surface area contributed by atoms with Gasteiger partial charge in [-0.1, -0.05) is 17.7 Å². The van der Waals surface area contributed by atoms with E-state index in [-0.39, 0.29) is 5.91 Å². The first kappa shape index (κ1) is 22.0. The van der Waals surface area contributed by atoms with Crippen molar-refractivity contribution in [1.82, 2.24) is 4.98 Å². The second-order valence-electron chi connectivity index (χ2n) is 7.87. The van der Waals surface area contributed by atoms with Crippen molar-refractivity contribution in [3.63, 3.8) is 0 Å². The number of quaternary nitrogens is 1. The number of thiazole rings is 1. The summed E-state index contributed by atoms with van der Waals surface area (Å²) in [6, 6.07) is 12.1. The SMILES string of the molecule is COc1ccc(-c2nc(C[NH+](C)CC(=O)Nc3c(C)cc(C)cc3C)sc2C)cc1. The zero-order chi connectivity index (χ0) is 21.8. The molecule has 1 aromatic heterocycles. The topological polar surface area (TPSA) is 55.7 Å². The standard InChI is InChI=1S/C24H29N3O2S/c1-15-11-16(2)23(17(3)12-15)25-21(28)13-27(5)14-22-26-24(18(4)30-22)19-7-9-20(29-6)10-8-19/h7-12H,13-14H2,1-6H3,(H,25,28)/p+1. The lowest BCUT2D eigenvalue weighted by Crippen LogP contribution is -3.08. The highest BCUT2D eigenvalue weighted by molar-refractivity contribution is 7.12. The van der Waals surface area contributed by atoms with Gasteiger partial charge in [-0.2, -0.15) is 0 Å². The largest absolute Gasteiger partial charge is 0.497 e. The molecule has 2 aromatic carbocycles. The Balaban J connectivity index is 1.63. The minimum Gasteiger partial charge on any atom is -0.497 e. The van der Waals surface area contributed by atoms with E-state index in [0.29, 0.717) is 13.1 Å². The summed E-state index contributed by atoms with van der Waals surface area (Å²) in [4.78, 5) is 19.7. The summed E-state index contributed by atoms with van der Waals surface area (Å²) in [6.07, 6.45) is 0. The van der Waals surface area contributed by atoms with Crippen molar-refractivity contribution in [2.45, 2.75) is 34.2 Å². The Morgan fingerprint density at radius 2 is 1.73 bits per heavy atom. The predicted molar refractivity (Wildman–Crippen MR) is 124 cm³/mol. The van der Waals surface area contributed by atoms with Gasteiger partial charge in [0, 0.05) is 16.1 Å². The van der Waals surface area contributed by atoms with Gasteiger partial charge >= 0.3 is 0 Å². The van der Waals surface area contributed by atoms with Crippen LogP contribution in [0, 0.1) is 27.7 Å². The van der Waals surface area contributed by atoms with E-state index in [1.54, 1.807) is 18.4 Å². The van der Waals surface area contributed by atoms with Crippen LogP contribution in [0.5, 0.6) is 5.75 Å². The first-order valence-electron chi connectivity index (χ1n) is 10.1. The smallest absolute Gasteiger partial charge is 0.279 e. The molecule has 6 heteroatoms. The Hall–Kier alpha value is -2.70. The molecule has 0 saturated carbocycles. The third-order valence-electron chi connectivity index (χ3n) is 5.06. The lowest BCUT2D eigenvalue weighted by molar-refractivity contribution is -0.885. The van der Waals surface area contributed by atoms with Crippen molar-refractivity contribution in [2.24, 2.45) is 0 Å². The Kier molecular flexibility index (Phi) is 6.90. The molecule has 0 saturated heterocycles. The molecular formula is C24H30N3O2S+. The molecule has 0 aliphatic rings. The highest BCUT2D eigenvalue weighted by Gasteiger charge is 2.17. The minimum absolute atomic E-state index is 0.0196. The number of rotatable bonds is 7. The Morgan fingerprint density at radius 1 is 1.10 bits per heavy atom. The number of hydrogen-bond acceptors (Lipinski definition) is 4. The van der Waals surface area contributed by atoms with Crippen molar-refractivity contribution in [3.8, 4) is 17.0 Å². The maximum absolute atomic E-state index is 12.6. The van der Waals surface area contributed by atoms with E-state index in [1.165, 1.54) is 10.4 Å². The number of carbonyl (C=O) groups excluding carboxylic acids is 1. The number of nitrogens with zero attached hydrogens (tertiary/aromatic N) is 1. The molecule has 0 aliphatic heterocycles. The van der Waals surface area contributed by atoms with E-state index in [9.17, 15) is 4.79 Å². The van der Waals surface area contributed by atoms with Gasteiger partial charge in [-0.3, -0.25) is 4.79 Å². The number of ether oxygens (including phenoxy) is 1. The molecular weight excluding hydrogens is 394 g/mol. The maximum Gasteiger partial charge on any atom is 0.279 e. The summed E-state index contributed by atoms with van der Waals surface area (Å²) in [5.74, 6) is 0.854. The van der Waals surface area contributed by atoms with Gasteiger partial charge in [-0.25, -0.2) is 4.98 Å². The van der Waals surface area contributed by atoms with E-state index in [0.717, 1.165) is 43.7 Å². The molecule has 1 heterocycles. The maximum atomic E-state index is 12.6. The van der Waals surface area contributed by atoms with Crippen LogP contribution in [0.15, 0.2) is 36.4 Å². The number of carbonyl (C=O) groups is 1. The number of methoxy groups -OCH3 is 1. The summed E-state index contributed by atoms with van der Waals surface area (Å²) in [5, 5.41) is 4.12. The monoisotopic (exact) mass is 424 g/mol. The van der Waals surface area contributed by atoms with Gasteiger partial charge in [-0.15, -0.1) is 11.3 Å². The average molecular weight is 425 g/mol. The molecule has 0 bridgehead atoms. The molecule has 3 aromatic rings. The normalized spacial score (nSPS) is 11.9. The fraction of sp³-hybridized carbons (Fsp3) is 0.333. The van der Waals surface area contributed by atoms with Gasteiger partial charge in [0.15, 0.2) is 6.54 Å². The Labute approximate surface area is 182 Å². The molecule has 0 fully saturated rings. The molecule has 158 valence electrons. The lowest BCUT2D eigenvalue weighted by Gasteiger charge is -2.15. The van der Waals surface area contributed by atoms with Gasteiger partial charge in [0.25, 0.3) is 5.91 Å². The summed E-state index contributed by atoms with van der Waals surface area (Å²) >= 11 is 1.69. The van der Waals surface area contributed by atoms with Crippen molar-refractivity contribution in [1.29, 1.82) is 0 Å². The number of hydrogen-bond donors (Lipinski definition) is 2. The van der Waals surface area contributed by atoms with Crippen LogP contribution in [0.1, 0.15) is 26.6 Å². The first-order chi connectivity index (χ1) is 14.3. The second kappa shape index (κ2) is 9.41. The highest BCUT2D eigenvalue weighted by Crippen LogP contribution is 2.28. The summed E-state index contributed by atoms with van der Waals surface area (Å²) in [5.41, 5.74) is 6.40. The molecule has 1 unspecified atom stereocenters. The number of aryl methyl sites for hydroxylation is 4. The van der Waals surface area contributed by atoms with Crippen LogP contribution in [0.4, 0.5) is 5.69 Å². The lowest BCUT2D eigenvalue weighted by atomic mass is 10.1. The van der Waals surface area contributed by atoms with Crippen LogP contribution >= 0.6 is 11.3 Å². The molecule has 30 heavy (non-hydrogen) atoms. The number of anilines is 1. The molecule has 0 aliphatic carbocycles. The van der Waals surface area contributed by atoms with E-state index in [1.807, 2.05) is 45.2 Å². The fourth-order valence-electron chi connectivity index (χ4n) is 3.70. The summed E-state index contributed by atoms with van der Waals surface area (Å²) in [6.45, 7) is 9.33. The first-order valence-corrected chi connectivity index (χ1v) is 10.9. The highest BCUT2D eigenvalue weighted by atomic mass is 32.1. The van der Waals surface area contributed by atoms with Crippen LogP contribution in [0.2, 0.25) is 0 Å². The van der Waals surface area contributed by atoms with E-state index in [2.05, 4.69) is 31.3 Å². The van der Waals surface area contributed by atoms with Crippen molar-refractivity contribution < 1.29 is 14.4 Å². The molecule has 1 atom stereocenters. The second-order valence-corrected chi connectivity index (χ2v) is 9.16. The quantitative estimate of drug-likeness (QED) is 0.608. The van der Waals surface area contributed by atoms with Gasteiger partial charge in [0.1, 0.15) is 17.3 Å². The van der Waals surface area contributed by atoms with Gasteiger partial charge in [0.2, 0.25) is 0 Å². The zero-order valence-corrected chi connectivity index (χ0v) is 19.4. The van der Waals surface area contributed by atoms with Gasteiger partial charge < -0.3 is 15.0 Å². The minimum atomic E-state index is 0.0196. The predicted octanol–water partition coefficient (Wildman–Crippen LogP) is 3.71. The fourth-order valence-corrected chi connectivity index (χ4v) is 4.77. The van der Waals surface area contributed by atoms with Crippen LogP contribution in [-0.4, -0.2) is 31.6 Å². The van der Waals surface area contributed by atoms with Gasteiger partial charge in [0.05, 0.1) is 19.9 Å². The van der Waals surface area contributed by atoms with Crippen LogP contribution < -0.4 is 15.0 Å². The van der Waals surface area contributed by atoms with Crippen molar-refractivity contribution in [2.75, 3.05) is 26.0 Å². The van der Waals surface area contributed by atoms with Crippen molar-refractivity contribution in [3.05, 3.63) is 63.0 Å². The summed E-state index contributed by atoms with van der Waals surface area (Å²) < 4.78 is 5.23. The number of benzene rings is 2. The number of aromatic nitrogens is 1. The Bertz CT molecular complexity index is 1020. The molecule has 3 rings (SSSR count). The summed E-state index contributed by atoms with van der Waals surface area (Å²) in [7, 11) is 3.69. The van der Waals surface area contributed by atoms with Crippen LogP contribution in [0.3, 0.4) is 0 Å². The molecule has 2 N–H and O–H groups in total.